The fourth-order valence-electron chi connectivity index (χ4n) is 7.28. The van der Waals surface area contributed by atoms with E-state index in [-0.39, 0.29) is 29.7 Å². The van der Waals surface area contributed by atoms with Crippen molar-refractivity contribution in [2.75, 3.05) is 0 Å². The minimum atomic E-state index is -0.410. The summed E-state index contributed by atoms with van der Waals surface area (Å²) in [5.74, 6) is 1.61. The third-order valence-corrected chi connectivity index (χ3v) is 9.97. The lowest BCUT2D eigenvalue weighted by molar-refractivity contribution is 1.07. The predicted molar refractivity (Wildman–Crippen MR) is 225 cm³/mol. The molecule has 1 heterocycles. The molecule has 0 atom stereocenters. The Labute approximate surface area is 321 Å². The molecule has 0 radical (unpaired) electrons. The van der Waals surface area contributed by atoms with Crippen molar-refractivity contribution in [3.05, 3.63) is 200 Å². The summed E-state index contributed by atoms with van der Waals surface area (Å²) in [4.78, 5) is 15.1. The molecule has 0 saturated heterocycles. The Bertz CT molecular complexity index is 3260. The van der Waals surface area contributed by atoms with E-state index in [4.69, 9.17) is 21.8 Å². The van der Waals surface area contributed by atoms with Gasteiger partial charge in [0.25, 0.3) is 0 Å². The Kier molecular flexibility index (Phi) is 6.58. The fraction of sp³-hybridized carbons (Fsp3) is 0. The zero-order chi connectivity index (χ0) is 40.2. The first-order valence-electron chi connectivity index (χ1n) is 20.4. The molecule has 0 spiro atoms. The van der Waals surface area contributed by atoms with E-state index in [0.717, 1.165) is 44.0 Å². The van der Waals surface area contributed by atoms with Crippen LogP contribution in [0, 0.1) is 0 Å². The molecule has 3 heteroatoms. The van der Waals surface area contributed by atoms with Crippen LogP contribution >= 0.6 is 0 Å². The maximum atomic E-state index is 8.48. The maximum absolute atomic E-state index is 8.48. The van der Waals surface area contributed by atoms with Gasteiger partial charge in [0.15, 0.2) is 17.5 Å². The van der Waals surface area contributed by atoms with Crippen LogP contribution in [0.25, 0.3) is 99.9 Å². The fourth-order valence-corrected chi connectivity index (χ4v) is 7.28. The van der Waals surface area contributed by atoms with Gasteiger partial charge in [0, 0.05) is 16.7 Å². The molecule has 54 heavy (non-hydrogen) atoms. The van der Waals surface area contributed by atoms with Crippen molar-refractivity contribution in [2.45, 2.75) is 0 Å². The van der Waals surface area contributed by atoms with Crippen LogP contribution in [0.2, 0.25) is 0 Å². The molecule has 3 nitrogen and oxygen atoms in total. The summed E-state index contributed by atoms with van der Waals surface area (Å²) in [6.07, 6.45) is 0. The highest BCUT2D eigenvalue weighted by molar-refractivity contribution is 6.05. The molecular formula is C51H33N3. The van der Waals surface area contributed by atoms with Gasteiger partial charge in [-0.05, 0) is 90.0 Å². The molecule has 0 bridgehead atoms. The monoisotopic (exact) mass is 692 g/mol. The Morgan fingerprint density at radius 2 is 0.759 bits per heavy atom. The standard InChI is InChI=1S/C51H33N3/c1-3-12-34(13-4-1)38-25-26-40-32-44(29-27-39(40)30-38)51-53-49(36-15-5-2-6-16-36)52-50(54-51)43-19-9-18-41(33-43)45-20-10-23-48-46(21-11-22-47(45)48)42-28-24-35-14-7-8-17-37(35)31-42/h1-33H/i1D,3D,4D,12D,13D. The van der Waals surface area contributed by atoms with Gasteiger partial charge >= 0.3 is 0 Å². The van der Waals surface area contributed by atoms with Crippen molar-refractivity contribution in [2.24, 2.45) is 0 Å². The van der Waals surface area contributed by atoms with Crippen LogP contribution < -0.4 is 0 Å². The van der Waals surface area contributed by atoms with Gasteiger partial charge in [0.1, 0.15) is 0 Å². The zero-order valence-electron chi connectivity index (χ0n) is 34.0. The minimum Gasteiger partial charge on any atom is -0.208 e. The first-order chi connectivity index (χ1) is 28.8. The van der Waals surface area contributed by atoms with E-state index in [1.807, 2.05) is 72.8 Å². The molecule has 0 aliphatic rings. The molecule has 0 amide bonds. The number of aromatic nitrogens is 3. The Morgan fingerprint density at radius 3 is 1.48 bits per heavy atom. The molecule has 10 rings (SSSR count). The van der Waals surface area contributed by atoms with Gasteiger partial charge in [-0.3, -0.25) is 0 Å². The summed E-state index contributed by atoms with van der Waals surface area (Å²) in [5.41, 5.74) is 7.76. The largest absolute Gasteiger partial charge is 0.208 e. The third-order valence-electron chi connectivity index (χ3n) is 9.97. The quantitative estimate of drug-likeness (QED) is 0.174. The molecule has 0 aliphatic heterocycles. The van der Waals surface area contributed by atoms with Crippen molar-refractivity contribution in [1.29, 1.82) is 0 Å². The minimum absolute atomic E-state index is 0.174. The Balaban J connectivity index is 1.06. The number of benzene rings is 9. The van der Waals surface area contributed by atoms with Crippen LogP contribution in [-0.2, 0) is 0 Å². The Morgan fingerprint density at radius 1 is 0.296 bits per heavy atom. The van der Waals surface area contributed by atoms with Crippen LogP contribution in [0.4, 0.5) is 0 Å². The number of rotatable bonds is 6. The van der Waals surface area contributed by atoms with Gasteiger partial charge in [0.05, 0.1) is 6.85 Å². The molecular weight excluding hydrogens is 655 g/mol. The zero-order valence-corrected chi connectivity index (χ0v) is 29.0. The average molecular weight is 693 g/mol. The molecule has 0 fully saturated rings. The molecule has 0 aliphatic carbocycles. The second kappa shape index (κ2) is 13.4. The van der Waals surface area contributed by atoms with Crippen molar-refractivity contribution in [1.82, 2.24) is 15.0 Å². The number of hydrogen-bond acceptors (Lipinski definition) is 3. The molecule has 9 aromatic carbocycles. The van der Waals surface area contributed by atoms with Gasteiger partial charge in [-0.2, -0.15) is 0 Å². The lowest BCUT2D eigenvalue weighted by atomic mass is 9.91. The van der Waals surface area contributed by atoms with E-state index >= 15 is 0 Å². The van der Waals surface area contributed by atoms with Gasteiger partial charge in [0.2, 0.25) is 0 Å². The summed E-state index contributed by atoms with van der Waals surface area (Å²) >= 11 is 0. The second-order valence-corrected chi connectivity index (χ2v) is 13.3. The van der Waals surface area contributed by atoms with E-state index in [0.29, 0.717) is 23.0 Å². The average Bonchev–Trinajstić information content (AvgIpc) is 3.29. The summed E-state index contributed by atoms with van der Waals surface area (Å²) in [6, 6.07) is 56.2. The smallest absolute Gasteiger partial charge is 0.164 e. The summed E-state index contributed by atoms with van der Waals surface area (Å²) in [7, 11) is 0. The SMILES string of the molecule is [2H]c1c([2H])c([2H])c(-c2ccc3cc(-c4nc(-c5ccccc5)nc(-c5cccc(-c6cccc7c(-c8ccc9ccccc9c8)cccc67)c5)n4)ccc3c2)c([2H])c1[2H]. The second-order valence-electron chi connectivity index (χ2n) is 13.3. The third kappa shape index (κ3) is 5.88. The lowest BCUT2D eigenvalue weighted by Gasteiger charge is -2.13. The van der Waals surface area contributed by atoms with Crippen molar-refractivity contribution in [3.8, 4) is 67.5 Å². The summed E-state index contributed by atoms with van der Waals surface area (Å²) in [5, 5.41) is 6.50. The van der Waals surface area contributed by atoms with E-state index < -0.39 is 6.04 Å². The predicted octanol–water partition coefficient (Wildman–Crippen LogP) is 13.3. The van der Waals surface area contributed by atoms with Gasteiger partial charge in [-0.25, -0.2) is 15.0 Å². The first-order valence-corrected chi connectivity index (χ1v) is 17.9. The number of nitrogens with zero attached hydrogens (tertiary/aromatic N) is 3. The highest BCUT2D eigenvalue weighted by atomic mass is 15.0. The van der Waals surface area contributed by atoms with E-state index in [1.165, 1.54) is 27.3 Å². The van der Waals surface area contributed by atoms with Crippen LogP contribution in [0.5, 0.6) is 0 Å². The van der Waals surface area contributed by atoms with E-state index in [9.17, 15) is 0 Å². The summed E-state index contributed by atoms with van der Waals surface area (Å²) in [6.45, 7) is 0. The first kappa shape index (κ1) is 26.5. The van der Waals surface area contributed by atoms with Crippen molar-refractivity contribution < 1.29 is 6.85 Å². The molecule has 252 valence electrons. The van der Waals surface area contributed by atoms with Crippen molar-refractivity contribution >= 4 is 32.3 Å². The lowest BCUT2D eigenvalue weighted by Crippen LogP contribution is -2.00. The highest BCUT2D eigenvalue weighted by Gasteiger charge is 2.15. The molecule has 0 unspecified atom stereocenters. The van der Waals surface area contributed by atoms with Crippen molar-refractivity contribution in [3.63, 3.8) is 0 Å². The van der Waals surface area contributed by atoms with Gasteiger partial charge < -0.3 is 0 Å². The van der Waals surface area contributed by atoms with Crippen LogP contribution in [-0.4, -0.2) is 15.0 Å². The molecule has 10 aromatic rings. The highest BCUT2D eigenvalue weighted by Crippen LogP contribution is 2.37. The van der Waals surface area contributed by atoms with Gasteiger partial charge in [-0.15, -0.1) is 0 Å². The van der Waals surface area contributed by atoms with E-state index in [2.05, 4.69) is 91.0 Å². The Hall–Kier alpha value is -7.23. The molecule has 0 N–H and O–H groups in total. The number of hydrogen-bond donors (Lipinski definition) is 0. The van der Waals surface area contributed by atoms with Crippen LogP contribution in [0.1, 0.15) is 6.85 Å². The summed E-state index contributed by atoms with van der Waals surface area (Å²) < 4.78 is 41.2. The molecule has 1 aromatic heterocycles. The topological polar surface area (TPSA) is 38.7 Å². The van der Waals surface area contributed by atoms with Crippen LogP contribution in [0.15, 0.2) is 200 Å². The van der Waals surface area contributed by atoms with Crippen LogP contribution in [0.3, 0.4) is 0 Å². The van der Waals surface area contributed by atoms with Gasteiger partial charge in [-0.1, -0.05) is 176 Å². The number of fused-ring (bicyclic) bond motifs is 3. The normalized spacial score (nSPS) is 12.6. The molecule has 0 saturated carbocycles. The maximum Gasteiger partial charge on any atom is 0.164 e. The van der Waals surface area contributed by atoms with E-state index in [1.54, 1.807) is 6.07 Å².